The molecule has 0 aliphatic carbocycles. The van der Waals surface area contributed by atoms with Crippen LogP contribution in [0, 0.1) is 11.7 Å². The van der Waals surface area contributed by atoms with Crippen LogP contribution >= 0.6 is 0 Å². The van der Waals surface area contributed by atoms with Gasteiger partial charge in [-0.3, -0.25) is 9.59 Å². The first-order valence-corrected chi connectivity index (χ1v) is 9.83. The van der Waals surface area contributed by atoms with Crippen molar-refractivity contribution in [1.29, 1.82) is 0 Å². The van der Waals surface area contributed by atoms with Gasteiger partial charge < -0.3 is 14.5 Å². The van der Waals surface area contributed by atoms with Gasteiger partial charge in [0.15, 0.2) is 0 Å². The summed E-state index contributed by atoms with van der Waals surface area (Å²) in [4.78, 5) is 28.3. The van der Waals surface area contributed by atoms with Crippen molar-refractivity contribution in [3.63, 3.8) is 0 Å². The molecule has 2 amide bonds. The molecule has 4 rings (SSSR count). The predicted octanol–water partition coefficient (Wildman–Crippen LogP) is 4.00. The number of nitrogens with zero attached hydrogens (tertiary/aromatic N) is 2. The van der Waals surface area contributed by atoms with Crippen molar-refractivity contribution < 1.29 is 18.7 Å². The Hall–Kier alpha value is -3.41. The second-order valence-electron chi connectivity index (χ2n) is 7.60. The number of methoxy groups -OCH3 is 1. The summed E-state index contributed by atoms with van der Waals surface area (Å²) in [5.74, 6) is -0.483. The zero-order valence-electron chi connectivity index (χ0n) is 17.0. The molecule has 3 aromatic carbocycles. The van der Waals surface area contributed by atoms with Crippen LogP contribution in [0.25, 0.3) is 10.8 Å². The van der Waals surface area contributed by atoms with E-state index in [2.05, 4.69) is 0 Å². The van der Waals surface area contributed by atoms with E-state index in [1.807, 2.05) is 36.4 Å². The average Bonchev–Trinajstić information content (AvgIpc) is 3.14. The lowest BCUT2D eigenvalue weighted by atomic mass is 10.0. The molecular weight excluding hydrogens is 383 g/mol. The standard InChI is InChI=1S/C24H23FN2O3/c1-26(14-16-7-8-18-12-20(30-2)10-9-17(18)11-16)24(29)19-13-23(28)27(15-19)22-6-4-3-5-21(22)25/h3-12,19H,13-15H2,1-2H3. The molecule has 0 spiro atoms. The van der Waals surface area contributed by atoms with Crippen LogP contribution in [0.15, 0.2) is 60.7 Å². The maximum absolute atomic E-state index is 14.1. The highest BCUT2D eigenvalue weighted by Crippen LogP contribution is 2.29. The number of carbonyl (C=O) groups excluding carboxylic acids is 2. The van der Waals surface area contributed by atoms with Gasteiger partial charge >= 0.3 is 0 Å². The third kappa shape index (κ3) is 3.85. The van der Waals surface area contributed by atoms with Gasteiger partial charge in [-0.15, -0.1) is 0 Å². The lowest BCUT2D eigenvalue weighted by Crippen LogP contribution is -2.34. The number of ether oxygens (including phenoxy) is 1. The van der Waals surface area contributed by atoms with E-state index >= 15 is 0 Å². The van der Waals surface area contributed by atoms with Crippen LogP contribution in [0.1, 0.15) is 12.0 Å². The summed E-state index contributed by atoms with van der Waals surface area (Å²) in [5, 5.41) is 2.13. The summed E-state index contributed by atoms with van der Waals surface area (Å²) < 4.78 is 19.3. The Morgan fingerprint density at radius 2 is 1.87 bits per heavy atom. The average molecular weight is 406 g/mol. The fraction of sp³-hybridized carbons (Fsp3) is 0.250. The van der Waals surface area contributed by atoms with Gasteiger partial charge in [-0.1, -0.05) is 30.3 Å². The first kappa shape index (κ1) is 19.9. The van der Waals surface area contributed by atoms with E-state index in [-0.39, 0.29) is 30.5 Å². The molecule has 1 aliphatic rings. The minimum Gasteiger partial charge on any atom is -0.497 e. The fourth-order valence-electron chi connectivity index (χ4n) is 3.94. The maximum atomic E-state index is 14.1. The summed E-state index contributed by atoms with van der Waals surface area (Å²) in [6.45, 7) is 0.631. The third-order valence-electron chi connectivity index (χ3n) is 5.53. The molecule has 30 heavy (non-hydrogen) atoms. The highest BCUT2D eigenvalue weighted by molar-refractivity contribution is 6.00. The Labute approximate surface area is 174 Å². The molecule has 0 bridgehead atoms. The van der Waals surface area contributed by atoms with Gasteiger partial charge in [0.1, 0.15) is 11.6 Å². The molecule has 0 radical (unpaired) electrons. The molecule has 1 unspecified atom stereocenters. The first-order valence-electron chi connectivity index (χ1n) is 9.83. The summed E-state index contributed by atoms with van der Waals surface area (Å²) in [7, 11) is 3.37. The molecule has 5 nitrogen and oxygen atoms in total. The van der Waals surface area contributed by atoms with Gasteiger partial charge in [0, 0.05) is 26.6 Å². The molecule has 1 heterocycles. The van der Waals surface area contributed by atoms with Crippen molar-refractivity contribution in [1.82, 2.24) is 4.90 Å². The molecule has 0 N–H and O–H groups in total. The lowest BCUT2D eigenvalue weighted by molar-refractivity contribution is -0.135. The highest BCUT2D eigenvalue weighted by atomic mass is 19.1. The Morgan fingerprint density at radius 3 is 2.63 bits per heavy atom. The van der Waals surface area contributed by atoms with Crippen molar-refractivity contribution in [2.75, 3.05) is 25.6 Å². The molecule has 6 heteroatoms. The number of fused-ring (bicyclic) bond motifs is 1. The molecule has 1 saturated heterocycles. The van der Waals surface area contributed by atoms with E-state index in [1.54, 1.807) is 37.3 Å². The molecule has 154 valence electrons. The Kier molecular flexibility index (Phi) is 5.40. The monoisotopic (exact) mass is 406 g/mol. The number of anilines is 1. The molecule has 1 aliphatic heterocycles. The topological polar surface area (TPSA) is 49.9 Å². The van der Waals surface area contributed by atoms with Crippen LogP contribution in [-0.2, 0) is 16.1 Å². The molecule has 1 fully saturated rings. The maximum Gasteiger partial charge on any atom is 0.228 e. The van der Waals surface area contributed by atoms with Gasteiger partial charge in [-0.05, 0) is 46.7 Å². The third-order valence-corrected chi connectivity index (χ3v) is 5.53. The van der Waals surface area contributed by atoms with E-state index in [9.17, 15) is 14.0 Å². The van der Waals surface area contributed by atoms with Crippen LogP contribution in [0.3, 0.4) is 0 Å². The van der Waals surface area contributed by atoms with E-state index in [0.29, 0.717) is 6.54 Å². The van der Waals surface area contributed by atoms with Crippen LogP contribution in [0.5, 0.6) is 5.75 Å². The molecule has 1 atom stereocenters. The quantitative estimate of drug-likeness (QED) is 0.644. The summed E-state index contributed by atoms with van der Waals surface area (Å²) in [5.41, 5.74) is 1.23. The van der Waals surface area contributed by atoms with E-state index in [0.717, 1.165) is 22.1 Å². The number of para-hydroxylation sites is 1. The SMILES string of the molecule is COc1ccc2cc(CN(C)C(=O)C3CC(=O)N(c4ccccc4F)C3)ccc2c1. The van der Waals surface area contributed by atoms with Crippen molar-refractivity contribution in [2.24, 2.45) is 5.92 Å². The summed E-state index contributed by atoms with van der Waals surface area (Å²) in [6, 6.07) is 18.0. The van der Waals surface area contributed by atoms with Crippen molar-refractivity contribution >= 4 is 28.3 Å². The predicted molar refractivity (Wildman–Crippen MR) is 114 cm³/mol. The van der Waals surface area contributed by atoms with Gasteiger partial charge in [0.2, 0.25) is 11.8 Å². The second kappa shape index (κ2) is 8.14. The van der Waals surface area contributed by atoms with Crippen LogP contribution in [0.2, 0.25) is 0 Å². The molecule has 3 aromatic rings. The largest absolute Gasteiger partial charge is 0.497 e. The normalized spacial score (nSPS) is 16.2. The number of hydrogen-bond donors (Lipinski definition) is 0. The Balaban J connectivity index is 1.45. The number of hydrogen-bond acceptors (Lipinski definition) is 3. The number of carbonyl (C=O) groups is 2. The first-order chi connectivity index (χ1) is 14.5. The zero-order chi connectivity index (χ0) is 21.3. The Bertz CT molecular complexity index is 1110. The number of halogens is 1. The molecular formula is C24H23FN2O3. The van der Waals surface area contributed by atoms with Gasteiger partial charge in [0.25, 0.3) is 0 Å². The second-order valence-corrected chi connectivity index (χ2v) is 7.60. The molecule has 0 saturated carbocycles. The molecule has 0 aromatic heterocycles. The van der Waals surface area contributed by atoms with Gasteiger partial charge in [0.05, 0.1) is 18.7 Å². The van der Waals surface area contributed by atoms with E-state index in [4.69, 9.17) is 4.74 Å². The minimum atomic E-state index is -0.480. The van der Waals surface area contributed by atoms with Gasteiger partial charge in [-0.25, -0.2) is 4.39 Å². The summed E-state index contributed by atoms with van der Waals surface area (Å²) in [6.07, 6.45) is 0.0923. The number of benzene rings is 3. The zero-order valence-corrected chi connectivity index (χ0v) is 17.0. The van der Waals surface area contributed by atoms with Gasteiger partial charge in [-0.2, -0.15) is 0 Å². The highest BCUT2D eigenvalue weighted by Gasteiger charge is 2.37. The van der Waals surface area contributed by atoms with Crippen LogP contribution in [0.4, 0.5) is 10.1 Å². The smallest absolute Gasteiger partial charge is 0.228 e. The van der Waals surface area contributed by atoms with Crippen LogP contribution < -0.4 is 9.64 Å². The Morgan fingerprint density at radius 1 is 1.13 bits per heavy atom. The summed E-state index contributed by atoms with van der Waals surface area (Å²) >= 11 is 0. The van der Waals surface area contributed by atoms with E-state index in [1.165, 1.54) is 11.0 Å². The van der Waals surface area contributed by atoms with Crippen molar-refractivity contribution in [3.05, 3.63) is 72.0 Å². The van der Waals surface area contributed by atoms with Crippen molar-refractivity contribution in [2.45, 2.75) is 13.0 Å². The fourth-order valence-corrected chi connectivity index (χ4v) is 3.94. The number of rotatable bonds is 5. The van der Waals surface area contributed by atoms with Crippen LogP contribution in [-0.4, -0.2) is 37.4 Å². The lowest BCUT2D eigenvalue weighted by Gasteiger charge is -2.22. The number of amides is 2. The van der Waals surface area contributed by atoms with E-state index < -0.39 is 11.7 Å². The minimum absolute atomic E-state index is 0.0923. The van der Waals surface area contributed by atoms with Crippen molar-refractivity contribution in [3.8, 4) is 5.75 Å².